The van der Waals surface area contributed by atoms with Gasteiger partial charge >= 0.3 is 0 Å². The van der Waals surface area contributed by atoms with Gasteiger partial charge in [-0.15, -0.1) is 0 Å². The molecule has 1 aliphatic rings. The molecular formula is C9H14ClN3OS. The molecule has 0 aromatic carbocycles. The van der Waals surface area contributed by atoms with Gasteiger partial charge in [-0.05, 0) is 20.3 Å². The molecule has 0 bridgehead atoms. The smallest absolute Gasteiger partial charge is 0.187 e. The highest BCUT2D eigenvalue weighted by Gasteiger charge is 2.27. The molecule has 1 aromatic heterocycles. The standard InChI is InChI=1S/C9H14ClN3OS/c1-9(2)6-13(4-3-5-14-9)8-7(10)11-15-12-8/h3-6H2,1-2H3. The molecule has 0 radical (unpaired) electrons. The van der Waals surface area contributed by atoms with Crippen LogP contribution in [0.3, 0.4) is 0 Å². The van der Waals surface area contributed by atoms with Gasteiger partial charge in [0.15, 0.2) is 11.0 Å². The van der Waals surface area contributed by atoms with E-state index in [9.17, 15) is 0 Å². The fraction of sp³-hybridized carbons (Fsp3) is 0.778. The van der Waals surface area contributed by atoms with Crippen molar-refractivity contribution in [3.8, 4) is 0 Å². The molecule has 1 aromatic rings. The first-order valence-electron chi connectivity index (χ1n) is 4.95. The van der Waals surface area contributed by atoms with Crippen LogP contribution in [0, 0.1) is 0 Å². The Kier molecular flexibility index (Phi) is 3.13. The van der Waals surface area contributed by atoms with E-state index in [1.165, 1.54) is 0 Å². The molecule has 2 rings (SSSR count). The molecule has 1 aliphatic heterocycles. The second-order valence-corrected chi connectivity index (χ2v) is 5.15. The largest absolute Gasteiger partial charge is 0.374 e. The van der Waals surface area contributed by atoms with E-state index in [1.807, 2.05) is 0 Å². The van der Waals surface area contributed by atoms with Gasteiger partial charge in [-0.3, -0.25) is 0 Å². The van der Waals surface area contributed by atoms with Crippen molar-refractivity contribution in [3.05, 3.63) is 5.15 Å². The molecular weight excluding hydrogens is 234 g/mol. The monoisotopic (exact) mass is 247 g/mol. The molecule has 0 spiro atoms. The van der Waals surface area contributed by atoms with Crippen LogP contribution < -0.4 is 4.90 Å². The molecule has 0 amide bonds. The van der Waals surface area contributed by atoms with Crippen LogP contribution in [-0.4, -0.2) is 34.0 Å². The Morgan fingerprint density at radius 1 is 1.47 bits per heavy atom. The summed E-state index contributed by atoms with van der Waals surface area (Å²) in [4.78, 5) is 2.15. The molecule has 15 heavy (non-hydrogen) atoms. The molecule has 0 unspecified atom stereocenters. The summed E-state index contributed by atoms with van der Waals surface area (Å²) in [6, 6.07) is 0. The Bertz CT molecular complexity index is 342. The highest BCUT2D eigenvalue weighted by molar-refractivity contribution is 6.99. The molecule has 0 aliphatic carbocycles. The normalized spacial score (nSPS) is 21.4. The van der Waals surface area contributed by atoms with Gasteiger partial charge in [-0.2, -0.15) is 8.75 Å². The lowest BCUT2D eigenvalue weighted by Crippen LogP contribution is -2.38. The van der Waals surface area contributed by atoms with Crippen LogP contribution in [0.5, 0.6) is 0 Å². The van der Waals surface area contributed by atoms with Crippen molar-refractivity contribution in [3.63, 3.8) is 0 Å². The van der Waals surface area contributed by atoms with Crippen molar-refractivity contribution in [2.45, 2.75) is 25.9 Å². The number of hydrogen-bond acceptors (Lipinski definition) is 5. The Morgan fingerprint density at radius 2 is 2.27 bits per heavy atom. The summed E-state index contributed by atoms with van der Waals surface area (Å²) in [5.74, 6) is 0.792. The zero-order valence-electron chi connectivity index (χ0n) is 8.86. The molecule has 84 valence electrons. The van der Waals surface area contributed by atoms with E-state index in [0.29, 0.717) is 5.15 Å². The number of aromatic nitrogens is 2. The number of hydrogen-bond donors (Lipinski definition) is 0. The summed E-state index contributed by atoms with van der Waals surface area (Å²) < 4.78 is 13.9. The summed E-state index contributed by atoms with van der Waals surface area (Å²) >= 11 is 7.13. The first-order chi connectivity index (χ1) is 7.08. The third-order valence-corrected chi connectivity index (χ3v) is 3.24. The maximum Gasteiger partial charge on any atom is 0.187 e. The lowest BCUT2D eigenvalue weighted by molar-refractivity contribution is -0.00147. The van der Waals surface area contributed by atoms with Crippen LogP contribution in [0.2, 0.25) is 5.15 Å². The summed E-state index contributed by atoms with van der Waals surface area (Å²) in [5, 5.41) is 0.498. The van der Waals surface area contributed by atoms with E-state index < -0.39 is 0 Å². The van der Waals surface area contributed by atoms with E-state index in [0.717, 1.165) is 43.7 Å². The molecule has 0 atom stereocenters. The van der Waals surface area contributed by atoms with Crippen molar-refractivity contribution >= 4 is 29.1 Å². The van der Waals surface area contributed by atoms with Gasteiger partial charge in [0.1, 0.15) is 0 Å². The van der Waals surface area contributed by atoms with Crippen LogP contribution in [0.15, 0.2) is 0 Å². The molecule has 0 N–H and O–H groups in total. The topological polar surface area (TPSA) is 38.2 Å². The van der Waals surface area contributed by atoms with Crippen LogP contribution in [0.25, 0.3) is 0 Å². The highest BCUT2D eigenvalue weighted by Crippen LogP contribution is 2.27. The van der Waals surface area contributed by atoms with Gasteiger partial charge < -0.3 is 9.64 Å². The molecule has 0 saturated carbocycles. The van der Waals surface area contributed by atoms with Crippen molar-refractivity contribution < 1.29 is 4.74 Å². The zero-order chi connectivity index (χ0) is 10.9. The molecule has 1 saturated heterocycles. The lowest BCUT2D eigenvalue weighted by atomic mass is 10.1. The minimum absolute atomic E-state index is 0.149. The van der Waals surface area contributed by atoms with Crippen molar-refractivity contribution in [2.24, 2.45) is 0 Å². The average Bonchev–Trinajstić information content (AvgIpc) is 2.48. The van der Waals surface area contributed by atoms with Crippen LogP contribution in [0.4, 0.5) is 5.82 Å². The Hall–Kier alpha value is -0.390. The van der Waals surface area contributed by atoms with Gasteiger partial charge in [-0.25, -0.2) is 0 Å². The second-order valence-electron chi connectivity index (χ2n) is 4.26. The van der Waals surface area contributed by atoms with Gasteiger partial charge in [0.05, 0.1) is 17.3 Å². The zero-order valence-corrected chi connectivity index (χ0v) is 10.4. The first kappa shape index (κ1) is 11.1. The van der Waals surface area contributed by atoms with Gasteiger partial charge in [0.25, 0.3) is 0 Å². The van der Waals surface area contributed by atoms with Crippen LogP contribution >= 0.6 is 23.3 Å². The minimum Gasteiger partial charge on any atom is -0.374 e. The highest BCUT2D eigenvalue weighted by atomic mass is 35.5. The van der Waals surface area contributed by atoms with Gasteiger partial charge in [0, 0.05) is 19.7 Å². The average molecular weight is 248 g/mol. The number of rotatable bonds is 1. The number of ether oxygens (including phenoxy) is 1. The Balaban J connectivity index is 2.18. The minimum atomic E-state index is -0.149. The molecule has 1 fully saturated rings. The maximum absolute atomic E-state index is 5.97. The first-order valence-corrected chi connectivity index (χ1v) is 6.06. The third kappa shape index (κ3) is 2.59. The maximum atomic E-state index is 5.97. The fourth-order valence-electron chi connectivity index (χ4n) is 1.73. The van der Waals surface area contributed by atoms with Crippen LogP contribution in [-0.2, 0) is 4.74 Å². The quantitative estimate of drug-likeness (QED) is 0.763. The Morgan fingerprint density at radius 3 is 2.93 bits per heavy atom. The predicted molar refractivity (Wildman–Crippen MR) is 61.8 cm³/mol. The predicted octanol–water partition coefficient (Wildman–Crippen LogP) is 2.20. The van der Waals surface area contributed by atoms with Crippen molar-refractivity contribution in [1.29, 1.82) is 0 Å². The van der Waals surface area contributed by atoms with Gasteiger partial charge in [0.2, 0.25) is 0 Å². The number of nitrogens with zero attached hydrogens (tertiary/aromatic N) is 3. The fourth-order valence-corrected chi connectivity index (χ4v) is 2.51. The summed E-state index contributed by atoms with van der Waals surface area (Å²) in [7, 11) is 0. The molecule has 4 nitrogen and oxygen atoms in total. The Labute approximate surface area is 98.5 Å². The molecule has 6 heteroatoms. The van der Waals surface area contributed by atoms with E-state index >= 15 is 0 Å². The van der Waals surface area contributed by atoms with E-state index in [2.05, 4.69) is 27.5 Å². The van der Waals surface area contributed by atoms with Crippen molar-refractivity contribution in [2.75, 3.05) is 24.6 Å². The second kappa shape index (κ2) is 4.23. The van der Waals surface area contributed by atoms with Crippen molar-refractivity contribution in [1.82, 2.24) is 8.75 Å². The molecule has 2 heterocycles. The third-order valence-electron chi connectivity index (χ3n) is 2.37. The van der Waals surface area contributed by atoms with Crippen LogP contribution in [0.1, 0.15) is 20.3 Å². The lowest BCUT2D eigenvalue weighted by Gasteiger charge is -2.28. The number of anilines is 1. The summed E-state index contributed by atoms with van der Waals surface area (Å²) in [6.07, 6.45) is 0.997. The summed E-state index contributed by atoms with van der Waals surface area (Å²) in [6.45, 7) is 6.68. The van der Waals surface area contributed by atoms with Gasteiger partial charge in [-0.1, -0.05) is 11.6 Å². The van der Waals surface area contributed by atoms with E-state index in [4.69, 9.17) is 16.3 Å². The summed E-state index contributed by atoms with van der Waals surface area (Å²) in [5.41, 5.74) is -0.149. The van der Waals surface area contributed by atoms with E-state index in [-0.39, 0.29) is 5.60 Å². The SMILES string of the molecule is CC1(C)CN(c2nsnc2Cl)CCCO1. The number of halogens is 1. The van der Waals surface area contributed by atoms with E-state index in [1.54, 1.807) is 0 Å².